The summed E-state index contributed by atoms with van der Waals surface area (Å²) in [4.78, 5) is 12.3. The first kappa shape index (κ1) is 25.2. The van der Waals surface area contributed by atoms with Gasteiger partial charge in [-0.15, -0.1) is 0 Å². The highest BCUT2D eigenvalue weighted by Crippen LogP contribution is 2.39. The predicted octanol–water partition coefficient (Wildman–Crippen LogP) is 4.63. The number of methoxy groups -OCH3 is 2. The van der Waals surface area contributed by atoms with Gasteiger partial charge in [-0.1, -0.05) is 35.9 Å². The second-order valence-electron chi connectivity index (χ2n) is 7.10. The molecule has 0 aliphatic carbocycles. The first-order valence-electron chi connectivity index (χ1n) is 9.98. The molecular formula is C24H23ClO8S. The summed E-state index contributed by atoms with van der Waals surface area (Å²) in [5.74, 6) is 0.627. The lowest BCUT2D eigenvalue weighted by Gasteiger charge is -2.16. The van der Waals surface area contributed by atoms with E-state index in [9.17, 15) is 13.2 Å². The van der Waals surface area contributed by atoms with E-state index < -0.39 is 16.1 Å². The fourth-order valence-corrected chi connectivity index (χ4v) is 3.54. The second-order valence-corrected chi connectivity index (χ2v) is 9.06. The van der Waals surface area contributed by atoms with Crippen LogP contribution in [0.1, 0.15) is 21.5 Å². The van der Waals surface area contributed by atoms with Crippen molar-refractivity contribution in [3.63, 3.8) is 0 Å². The maximum atomic E-state index is 12.3. The Bertz CT molecular complexity index is 1240. The summed E-state index contributed by atoms with van der Waals surface area (Å²) in [5, 5.41) is -0.130. The molecule has 10 heteroatoms. The molecule has 3 aromatic carbocycles. The number of rotatable bonds is 10. The van der Waals surface area contributed by atoms with Crippen LogP contribution in [0.4, 0.5) is 0 Å². The van der Waals surface area contributed by atoms with E-state index in [2.05, 4.69) is 4.18 Å². The van der Waals surface area contributed by atoms with Gasteiger partial charge in [0.2, 0.25) is 0 Å². The molecule has 3 aromatic rings. The molecule has 8 nitrogen and oxygen atoms in total. The Morgan fingerprint density at radius 2 is 1.29 bits per heavy atom. The maximum Gasteiger partial charge on any atom is 0.355 e. The van der Waals surface area contributed by atoms with Gasteiger partial charge in [-0.2, -0.15) is 8.42 Å². The smallest absolute Gasteiger partial charge is 0.355 e. The van der Waals surface area contributed by atoms with Gasteiger partial charge in [-0.3, -0.25) is 0 Å². The molecule has 0 aliphatic heterocycles. The highest BCUT2D eigenvalue weighted by molar-refractivity contribution is 7.86. The van der Waals surface area contributed by atoms with Crippen molar-refractivity contribution in [3.05, 3.63) is 82.4 Å². The van der Waals surface area contributed by atoms with Crippen LogP contribution in [0.15, 0.2) is 60.7 Å². The molecule has 0 aromatic heterocycles. The van der Waals surface area contributed by atoms with Crippen LogP contribution < -0.4 is 18.9 Å². The van der Waals surface area contributed by atoms with Gasteiger partial charge in [0.25, 0.3) is 0 Å². The Morgan fingerprint density at radius 1 is 0.794 bits per heavy atom. The first-order chi connectivity index (χ1) is 16.2. The first-order valence-corrected chi connectivity index (χ1v) is 12.2. The number of ether oxygens (including phenoxy) is 4. The number of carbonyl (C=O) groups is 1. The van der Waals surface area contributed by atoms with Gasteiger partial charge in [-0.05, 0) is 47.5 Å². The van der Waals surface area contributed by atoms with E-state index in [1.807, 2.05) is 24.3 Å². The summed E-state index contributed by atoms with van der Waals surface area (Å²) in [7, 11) is -0.880. The van der Waals surface area contributed by atoms with Gasteiger partial charge in [0.1, 0.15) is 29.7 Å². The van der Waals surface area contributed by atoms with Gasteiger partial charge in [-0.25, -0.2) is 4.79 Å². The molecule has 0 saturated carbocycles. The number of halogens is 1. The average molecular weight is 507 g/mol. The molecule has 180 valence electrons. The van der Waals surface area contributed by atoms with E-state index in [1.165, 1.54) is 12.1 Å². The van der Waals surface area contributed by atoms with Crippen molar-refractivity contribution in [2.75, 3.05) is 20.5 Å². The molecule has 3 rings (SSSR count). The van der Waals surface area contributed by atoms with Crippen molar-refractivity contribution >= 4 is 27.7 Å². The summed E-state index contributed by atoms with van der Waals surface area (Å²) in [5.41, 5.74) is 1.49. The monoisotopic (exact) mass is 506 g/mol. The molecule has 0 unspecified atom stereocenters. The van der Waals surface area contributed by atoms with Crippen molar-refractivity contribution in [1.82, 2.24) is 0 Å². The highest BCUT2D eigenvalue weighted by atomic mass is 35.5. The molecule has 0 atom stereocenters. The molecule has 0 bridgehead atoms. The van der Waals surface area contributed by atoms with Gasteiger partial charge < -0.3 is 23.1 Å². The SMILES string of the molecule is COc1ccc(COc2ccc(C(=O)OS(C)(=O)=O)c(Cl)c2OCc2ccc(OC)cc2)cc1. The summed E-state index contributed by atoms with van der Waals surface area (Å²) >= 11 is 6.44. The van der Waals surface area contributed by atoms with Gasteiger partial charge in [0, 0.05) is 0 Å². The molecular weight excluding hydrogens is 484 g/mol. The van der Waals surface area contributed by atoms with Gasteiger partial charge >= 0.3 is 16.1 Å². The summed E-state index contributed by atoms with van der Waals surface area (Å²) in [6.07, 6.45) is 0.770. The lowest BCUT2D eigenvalue weighted by molar-refractivity contribution is 0.0748. The van der Waals surface area contributed by atoms with Crippen LogP contribution in [0.3, 0.4) is 0 Å². The zero-order chi connectivity index (χ0) is 24.7. The maximum absolute atomic E-state index is 12.3. The van der Waals surface area contributed by atoms with Crippen LogP contribution in [0.5, 0.6) is 23.0 Å². The van der Waals surface area contributed by atoms with Crippen LogP contribution in [0.25, 0.3) is 0 Å². The lowest BCUT2D eigenvalue weighted by atomic mass is 10.2. The molecule has 0 saturated heterocycles. The molecule has 0 aliphatic rings. The zero-order valence-corrected chi connectivity index (χ0v) is 20.3. The Hall–Kier alpha value is -3.43. The largest absolute Gasteiger partial charge is 0.497 e. The predicted molar refractivity (Wildman–Crippen MR) is 126 cm³/mol. The number of benzene rings is 3. The van der Waals surface area contributed by atoms with Crippen LogP contribution >= 0.6 is 11.6 Å². The van der Waals surface area contributed by atoms with Crippen LogP contribution in [0.2, 0.25) is 5.02 Å². The van der Waals surface area contributed by atoms with Crippen LogP contribution in [-0.2, 0) is 27.5 Å². The quantitative estimate of drug-likeness (QED) is 0.367. The molecule has 0 fully saturated rings. The Kier molecular flexibility index (Phi) is 8.25. The van der Waals surface area contributed by atoms with Gasteiger partial charge in [0.05, 0.1) is 26.0 Å². The van der Waals surface area contributed by atoms with E-state index in [0.717, 1.165) is 17.4 Å². The molecule has 34 heavy (non-hydrogen) atoms. The minimum absolute atomic E-state index is 0.0777. The summed E-state index contributed by atoms with van der Waals surface area (Å²) < 4.78 is 49.3. The Labute approximate surface area is 203 Å². The molecule has 0 N–H and O–H groups in total. The number of hydrogen-bond donors (Lipinski definition) is 0. The molecule has 0 heterocycles. The van der Waals surface area contributed by atoms with Crippen molar-refractivity contribution < 1.29 is 36.3 Å². The minimum atomic E-state index is -4.03. The molecule has 0 spiro atoms. The molecule has 0 radical (unpaired) electrons. The topological polar surface area (TPSA) is 97.4 Å². The van der Waals surface area contributed by atoms with Crippen LogP contribution in [0, 0.1) is 0 Å². The van der Waals surface area contributed by atoms with Crippen molar-refractivity contribution in [1.29, 1.82) is 0 Å². The van der Waals surface area contributed by atoms with Crippen molar-refractivity contribution in [2.24, 2.45) is 0 Å². The average Bonchev–Trinajstić information content (AvgIpc) is 2.81. The fraction of sp³-hybridized carbons (Fsp3) is 0.208. The van der Waals surface area contributed by atoms with E-state index in [1.54, 1.807) is 38.5 Å². The third-order valence-corrected chi connectivity index (χ3v) is 5.43. The zero-order valence-electron chi connectivity index (χ0n) is 18.7. The van der Waals surface area contributed by atoms with E-state index >= 15 is 0 Å². The van der Waals surface area contributed by atoms with E-state index in [-0.39, 0.29) is 35.3 Å². The standard InChI is InChI=1S/C24H23ClO8S/c1-29-18-8-4-16(5-9-18)14-31-21-13-12-20(24(26)33-34(3,27)28)22(25)23(21)32-15-17-6-10-19(30-2)11-7-17/h4-13H,14-15H2,1-3H3. The van der Waals surface area contributed by atoms with E-state index in [4.69, 9.17) is 30.5 Å². The number of carbonyl (C=O) groups excluding carboxylic acids is 1. The Balaban J connectivity index is 1.87. The molecule has 0 amide bonds. The highest BCUT2D eigenvalue weighted by Gasteiger charge is 2.23. The van der Waals surface area contributed by atoms with Crippen molar-refractivity contribution in [2.45, 2.75) is 13.2 Å². The normalized spacial score (nSPS) is 10.9. The Morgan fingerprint density at radius 3 is 1.76 bits per heavy atom. The third kappa shape index (κ3) is 6.79. The fourth-order valence-electron chi connectivity index (χ4n) is 2.89. The van der Waals surface area contributed by atoms with Crippen molar-refractivity contribution in [3.8, 4) is 23.0 Å². The minimum Gasteiger partial charge on any atom is -0.497 e. The lowest BCUT2D eigenvalue weighted by Crippen LogP contribution is -2.12. The second kappa shape index (κ2) is 11.1. The van der Waals surface area contributed by atoms with Crippen LogP contribution in [-0.4, -0.2) is 34.9 Å². The summed E-state index contributed by atoms with van der Waals surface area (Å²) in [6.45, 7) is 0.291. The van der Waals surface area contributed by atoms with Gasteiger partial charge in [0.15, 0.2) is 11.5 Å². The third-order valence-electron chi connectivity index (χ3n) is 4.60. The number of hydrogen-bond acceptors (Lipinski definition) is 8. The van der Waals surface area contributed by atoms with E-state index in [0.29, 0.717) is 11.5 Å². The summed E-state index contributed by atoms with van der Waals surface area (Å²) in [6, 6.07) is 17.3.